The van der Waals surface area contributed by atoms with E-state index in [0.717, 1.165) is 0 Å². The van der Waals surface area contributed by atoms with Crippen LogP contribution in [0.2, 0.25) is 0 Å². The van der Waals surface area contributed by atoms with Crippen molar-refractivity contribution >= 4 is 22.0 Å². The lowest BCUT2D eigenvalue weighted by Gasteiger charge is -2.13. The molecule has 1 atom stereocenters. The molecule has 7 nitrogen and oxygen atoms in total. The Morgan fingerprint density at radius 1 is 1.14 bits per heavy atom. The van der Waals surface area contributed by atoms with Gasteiger partial charge in [-0.1, -0.05) is 0 Å². The van der Waals surface area contributed by atoms with Crippen molar-refractivity contribution in [3.63, 3.8) is 0 Å². The van der Waals surface area contributed by atoms with E-state index in [1.807, 2.05) is 0 Å². The number of benzene rings is 1. The second kappa shape index (κ2) is 6.10. The number of carboxylic acids is 2. The van der Waals surface area contributed by atoms with E-state index in [0.29, 0.717) is 0 Å². The maximum Gasteiger partial charge on any atom is 0.322 e. The first kappa shape index (κ1) is 16.9. The van der Waals surface area contributed by atoms with E-state index in [1.54, 1.807) is 0 Å². The Bertz CT molecular complexity index is 667. The van der Waals surface area contributed by atoms with E-state index in [-0.39, 0.29) is 12.1 Å². The Morgan fingerprint density at radius 3 is 2.00 bits per heavy atom. The summed E-state index contributed by atoms with van der Waals surface area (Å²) in [6, 6.07) is -1.97. The number of carbonyl (C=O) groups is 2. The summed E-state index contributed by atoms with van der Waals surface area (Å²) in [6.07, 6.45) is -1.15. The van der Waals surface area contributed by atoms with Crippen LogP contribution in [0.15, 0.2) is 17.0 Å². The lowest BCUT2D eigenvalue weighted by Crippen LogP contribution is -2.42. The van der Waals surface area contributed by atoms with Crippen LogP contribution in [0.4, 0.5) is 13.2 Å². The maximum absolute atomic E-state index is 13.4. The second-order valence-corrected chi connectivity index (χ2v) is 5.46. The van der Waals surface area contributed by atoms with Crippen molar-refractivity contribution < 1.29 is 41.4 Å². The molecule has 0 saturated carbocycles. The lowest BCUT2D eigenvalue weighted by atomic mass is 10.2. The van der Waals surface area contributed by atoms with Gasteiger partial charge in [0.1, 0.15) is 23.5 Å². The summed E-state index contributed by atoms with van der Waals surface area (Å²) in [5.41, 5.74) is 0. The van der Waals surface area contributed by atoms with Crippen molar-refractivity contribution in [2.24, 2.45) is 0 Å². The zero-order chi connectivity index (χ0) is 16.4. The fourth-order valence-electron chi connectivity index (χ4n) is 1.39. The van der Waals surface area contributed by atoms with Crippen LogP contribution in [-0.4, -0.2) is 36.6 Å². The topological polar surface area (TPSA) is 121 Å². The Morgan fingerprint density at radius 2 is 1.62 bits per heavy atom. The molecule has 0 bridgehead atoms. The molecule has 0 amide bonds. The van der Waals surface area contributed by atoms with Crippen LogP contribution < -0.4 is 4.72 Å². The van der Waals surface area contributed by atoms with E-state index in [1.165, 1.54) is 4.72 Å². The molecule has 116 valence electrons. The summed E-state index contributed by atoms with van der Waals surface area (Å²) in [5, 5.41) is 17.1. The highest BCUT2D eigenvalue weighted by molar-refractivity contribution is 7.89. The predicted octanol–water partition coefficient (Wildman–Crippen LogP) is 0.310. The van der Waals surface area contributed by atoms with Gasteiger partial charge in [0.05, 0.1) is 6.42 Å². The van der Waals surface area contributed by atoms with Gasteiger partial charge in [0.2, 0.25) is 10.0 Å². The van der Waals surface area contributed by atoms with Crippen molar-refractivity contribution in [2.45, 2.75) is 17.4 Å². The summed E-state index contributed by atoms with van der Waals surface area (Å²) < 4.78 is 64.2. The quantitative estimate of drug-likeness (QED) is 0.691. The fourth-order valence-corrected chi connectivity index (χ4v) is 2.69. The monoisotopic (exact) mass is 327 g/mol. The van der Waals surface area contributed by atoms with E-state index < -0.39 is 56.8 Å². The van der Waals surface area contributed by atoms with E-state index >= 15 is 0 Å². The summed E-state index contributed by atoms with van der Waals surface area (Å²) in [5.74, 6) is -8.43. The van der Waals surface area contributed by atoms with Gasteiger partial charge >= 0.3 is 11.9 Å². The van der Waals surface area contributed by atoms with Gasteiger partial charge in [-0.05, 0) is 0 Å². The van der Waals surface area contributed by atoms with E-state index in [9.17, 15) is 31.2 Å². The van der Waals surface area contributed by atoms with E-state index in [4.69, 9.17) is 10.2 Å². The van der Waals surface area contributed by atoms with Crippen LogP contribution in [0.1, 0.15) is 6.42 Å². The number of carboxylic acid groups (broad SMARTS) is 2. The van der Waals surface area contributed by atoms with Crippen LogP contribution in [-0.2, 0) is 19.6 Å². The van der Waals surface area contributed by atoms with Gasteiger partial charge < -0.3 is 10.2 Å². The zero-order valence-corrected chi connectivity index (χ0v) is 10.8. The van der Waals surface area contributed by atoms with Crippen molar-refractivity contribution in [3.8, 4) is 0 Å². The molecular formula is C10H8F3NO6S. The first-order valence-electron chi connectivity index (χ1n) is 5.16. The molecular weight excluding hydrogens is 319 g/mol. The van der Waals surface area contributed by atoms with Gasteiger partial charge in [-0.2, -0.15) is 4.72 Å². The van der Waals surface area contributed by atoms with E-state index in [2.05, 4.69) is 0 Å². The number of aliphatic carboxylic acids is 2. The fraction of sp³-hybridized carbons (Fsp3) is 0.200. The van der Waals surface area contributed by atoms with Gasteiger partial charge in [0.15, 0.2) is 4.90 Å². The summed E-state index contributed by atoms with van der Waals surface area (Å²) in [4.78, 5) is 19.6. The molecule has 21 heavy (non-hydrogen) atoms. The van der Waals surface area contributed by atoms with Crippen molar-refractivity contribution in [3.05, 3.63) is 29.6 Å². The maximum atomic E-state index is 13.4. The molecule has 0 aromatic heterocycles. The van der Waals surface area contributed by atoms with Crippen LogP contribution >= 0.6 is 0 Å². The van der Waals surface area contributed by atoms with Gasteiger partial charge in [-0.15, -0.1) is 0 Å². The SMILES string of the molecule is O=C(O)CC(NS(=O)(=O)c1c(F)cc(F)cc1F)C(=O)O. The number of rotatable bonds is 6. The Hall–Kier alpha value is -2.14. The summed E-state index contributed by atoms with van der Waals surface area (Å²) >= 11 is 0. The van der Waals surface area contributed by atoms with Gasteiger partial charge in [0.25, 0.3) is 0 Å². The highest BCUT2D eigenvalue weighted by Crippen LogP contribution is 2.20. The molecule has 1 aromatic rings. The normalized spacial score (nSPS) is 12.9. The minimum absolute atomic E-state index is 0.0879. The molecule has 1 rings (SSSR count). The highest BCUT2D eigenvalue weighted by atomic mass is 32.2. The highest BCUT2D eigenvalue weighted by Gasteiger charge is 2.31. The van der Waals surface area contributed by atoms with Gasteiger partial charge in [0, 0.05) is 12.1 Å². The number of hydrogen-bond donors (Lipinski definition) is 3. The summed E-state index contributed by atoms with van der Waals surface area (Å²) in [7, 11) is -5.04. The third kappa shape index (κ3) is 4.16. The largest absolute Gasteiger partial charge is 0.481 e. The Labute approximate surface area is 116 Å². The number of hydrogen-bond acceptors (Lipinski definition) is 4. The molecule has 0 spiro atoms. The number of sulfonamides is 1. The van der Waals surface area contributed by atoms with Crippen LogP contribution in [0.25, 0.3) is 0 Å². The Kier molecular flexibility index (Phi) is 4.91. The molecule has 1 aromatic carbocycles. The molecule has 0 aliphatic rings. The van der Waals surface area contributed by atoms with Crippen molar-refractivity contribution in [2.75, 3.05) is 0 Å². The number of halogens is 3. The molecule has 0 aliphatic heterocycles. The standard InChI is InChI=1S/C10H8F3NO6S/c11-4-1-5(12)9(6(13)2-4)21(19,20)14-7(10(17)18)3-8(15)16/h1-2,7,14H,3H2,(H,15,16)(H,17,18). The minimum atomic E-state index is -5.04. The molecule has 0 aliphatic carbocycles. The van der Waals surface area contributed by atoms with Gasteiger partial charge in [-0.25, -0.2) is 21.6 Å². The summed E-state index contributed by atoms with van der Waals surface area (Å²) in [6.45, 7) is 0. The first-order chi connectivity index (χ1) is 9.54. The predicted molar refractivity (Wildman–Crippen MR) is 60.3 cm³/mol. The van der Waals surface area contributed by atoms with Crippen molar-refractivity contribution in [1.82, 2.24) is 4.72 Å². The second-order valence-electron chi connectivity index (χ2n) is 3.81. The lowest BCUT2D eigenvalue weighted by molar-refractivity contribution is -0.145. The molecule has 0 heterocycles. The molecule has 0 radical (unpaired) electrons. The molecule has 11 heteroatoms. The third-order valence-corrected chi connectivity index (χ3v) is 3.73. The third-order valence-electron chi connectivity index (χ3n) is 2.21. The Balaban J connectivity index is 3.23. The molecule has 0 saturated heterocycles. The average Bonchev–Trinajstić information content (AvgIpc) is 2.24. The zero-order valence-electron chi connectivity index (χ0n) is 10.0. The van der Waals surface area contributed by atoms with Crippen LogP contribution in [0, 0.1) is 17.5 Å². The van der Waals surface area contributed by atoms with Gasteiger partial charge in [-0.3, -0.25) is 9.59 Å². The number of nitrogens with one attached hydrogen (secondary N) is 1. The first-order valence-corrected chi connectivity index (χ1v) is 6.64. The van der Waals surface area contributed by atoms with Crippen LogP contribution in [0.3, 0.4) is 0 Å². The average molecular weight is 327 g/mol. The molecule has 1 unspecified atom stereocenters. The van der Waals surface area contributed by atoms with Crippen molar-refractivity contribution in [1.29, 1.82) is 0 Å². The molecule has 3 N–H and O–H groups in total. The minimum Gasteiger partial charge on any atom is -0.481 e. The van der Waals surface area contributed by atoms with Crippen LogP contribution in [0.5, 0.6) is 0 Å². The smallest absolute Gasteiger partial charge is 0.322 e. The molecule has 0 fully saturated rings.